The lowest BCUT2D eigenvalue weighted by Gasteiger charge is -2.57. The molecule has 0 amide bonds. The smallest absolute Gasteiger partial charge is 0.106 e. The van der Waals surface area contributed by atoms with Gasteiger partial charge in [0.05, 0.1) is 11.9 Å². The van der Waals surface area contributed by atoms with E-state index in [9.17, 15) is 10.2 Å². The summed E-state index contributed by atoms with van der Waals surface area (Å²) in [5.41, 5.74) is 3.78. The van der Waals surface area contributed by atoms with Crippen LogP contribution in [0.3, 0.4) is 0 Å². The third-order valence-electron chi connectivity index (χ3n) is 10.5. The topological polar surface area (TPSA) is 49.7 Å². The van der Waals surface area contributed by atoms with Gasteiger partial charge in [-0.2, -0.15) is 0 Å². The van der Waals surface area contributed by atoms with Crippen molar-refractivity contribution in [2.24, 2.45) is 40.4 Å². The molecule has 168 valence electrons. The molecule has 3 saturated carbocycles. The molecule has 3 nitrogen and oxygen atoms in total. The summed E-state index contributed by atoms with van der Waals surface area (Å²) < 4.78 is 6.62. The first kappa shape index (κ1) is 21.1. The summed E-state index contributed by atoms with van der Waals surface area (Å²) in [4.78, 5) is 0. The second-order valence-electron chi connectivity index (χ2n) is 12.0. The second kappa shape index (κ2) is 7.37. The maximum atomic E-state index is 10.2. The summed E-state index contributed by atoms with van der Waals surface area (Å²) in [7, 11) is 0. The van der Waals surface area contributed by atoms with Crippen LogP contribution in [0.2, 0.25) is 0 Å². The normalized spacial score (nSPS) is 48.3. The van der Waals surface area contributed by atoms with Crippen molar-refractivity contribution in [2.75, 3.05) is 6.61 Å². The molecular formula is C27H42O3. The van der Waals surface area contributed by atoms with Crippen LogP contribution in [0, 0.1) is 40.4 Å². The van der Waals surface area contributed by atoms with Crippen LogP contribution in [0.15, 0.2) is 23.0 Å². The van der Waals surface area contributed by atoms with E-state index < -0.39 is 0 Å². The van der Waals surface area contributed by atoms with Gasteiger partial charge in [-0.15, -0.1) is 0 Å². The molecule has 0 unspecified atom stereocenters. The van der Waals surface area contributed by atoms with Crippen LogP contribution in [-0.4, -0.2) is 29.0 Å². The highest BCUT2D eigenvalue weighted by molar-refractivity contribution is 5.30. The minimum atomic E-state index is -0.117. The van der Waals surface area contributed by atoms with Gasteiger partial charge in [-0.1, -0.05) is 32.4 Å². The van der Waals surface area contributed by atoms with Crippen LogP contribution < -0.4 is 0 Å². The summed E-state index contributed by atoms with van der Waals surface area (Å²) in [5, 5.41) is 19.6. The molecule has 0 aromatic heterocycles. The fraction of sp³-hybridized carbons (Fsp3) is 0.852. The van der Waals surface area contributed by atoms with Crippen LogP contribution in [0.5, 0.6) is 0 Å². The Hall–Kier alpha value is -0.800. The maximum Gasteiger partial charge on any atom is 0.106 e. The van der Waals surface area contributed by atoms with Gasteiger partial charge in [-0.3, -0.25) is 0 Å². The molecule has 1 heterocycles. The summed E-state index contributed by atoms with van der Waals surface area (Å²) in [6.45, 7) is 9.83. The molecule has 9 atom stereocenters. The molecule has 1 aliphatic heterocycles. The molecule has 3 fully saturated rings. The lowest BCUT2D eigenvalue weighted by atomic mass is 9.47. The first-order chi connectivity index (χ1) is 14.3. The number of aliphatic hydroxyl groups excluding tert-OH is 2. The van der Waals surface area contributed by atoms with E-state index in [4.69, 9.17) is 4.74 Å². The Labute approximate surface area is 183 Å². The molecule has 0 saturated heterocycles. The first-order valence-corrected chi connectivity index (χ1v) is 12.6. The SMILES string of the molecule is CC1=C(CC[C@@H](C)CO)O[C@@H]2C[C@H]3[C@@H]4CC=C5C[C@H](O)CC[C@]5(C)[C@H]4CC[C@]3(C)[C@@H]12. The summed E-state index contributed by atoms with van der Waals surface area (Å²) in [6, 6.07) is 0. The Balaban J connectivity index is 1.38. The molecule has 4 aliphatic carbocycles. The Morgan fingerprint density at radius 2 is 2.00 bits per heavy atom. The average molecular weight is 415 g/mol. The highest BCUT2D eigenvalue weighted by atomic mass is 16.5. The van der Waals surface area contributed by atoms with Gasteiger partial charge in [0.2, 0.25) is 0 Å². The van der Waals surface area contributed by atoms with Crippen molar-refractivity contribution < 1.29 is 14.9 Å². The fourth-order valence-corrected chi connectivity index (χ4v) is 8.69. The third-order valence-corrected chi connectivity index (χ3v) is 10.5. The van der Waals surface area contributed by atoms with Crippen molar-refractivity contribution in [3.63, 3.8) is 0 Å². The second-order valence-corrected chi connectivity index (χ2v) is 12.0. The van der Waals surface area contributed by atoms with Gasteiger partial charge in [0.15, 0.2) is 0 Å². The monoisotopic (exact) mass is 414 g/mol. The van der Waals surface area contributed by atoms with Crippen molar-refractivity contribution in [2.45, 2.75) is 97.7 Å². The summed E-state index contributed by atoms with van der Waals surface area (Å²) in [5.74, 6) is 4.52. The molecule has 0 aromatic carbocycles. The van der Waals surface area contributed by atoms with Crippen LogP contribution in [-0.2, 0) is 4.74 Å². The van der Waals surface area contributed by atoms with E-state index in [1.54, 1.807) is 5.57 Å². The molecular weight excluding hydrogens is 372 g/mol. The Morgan fingerprint density at radius 3 is 2.77 bits per heavy atom. The lowest BCUT2D eigenvalue weighted by molar-refractivity contribution is -0.0454. The minimum absolute atomic E-state index is 0.117. The zero-order valence-electron chi connectivity index (χ0n) is 19.5. The van der Waals surface area contributed by atoms with E-state index in [1.807, 2.05) is 0 Å². The predicted octanol–water partition coefficient (Wildman–Crippen LogP) is 5.62. The number of hydrogen-bond acceptors (Lipinski definition) is 3. The molecule has 5 aliphatic rings. The van der Waals surface area contributed by atoms with E-state index >= 15 is 0 Å². The predicted molar refractivity (Wildman–Crippen MR) is 120 cm³/mol. The number of rotatable bonds is 4. The fourth-order valence-electron chi connectivity index (χ4n) is 8.69. The molecule has 0 aromatic rings. The van der Waals surface area contributed by atoms with Crippen molar-refractivity contribution in [1.82, 2.24) is 0 Å². The number of fused-ring (bicyclic) bond motifs is 7. The Kier molecular flexibility index (Phi) is 5.18. The van der Waals surface area contributed by atoms with Crippen LogP contribution in [0.4, 0.5) is 0 Å². The zero-order chi connectivity index (χ0) is 21.3. The highest BCUT2D eigenvalue weighted by Gasteiger charge is 2.63. The van der Waals surface area contributed by atoms with Gasteiger partial charge >= 0.3 is 0 Å². The average Bonchev–Trinajstić information content (AvgIpc) is 3.20. The van der Waals surface area contributed by atoms with Crippen molar-refractivity contribution in [3.8, 4) is 0 Å². The van der Waals surface area contributed by atoms with Gasteiger partial charge in [-0.25, -0.2) is 0 Å². The van der Waals surface area contributed by atoms with Gasteiger partial charge in [-0.05, 0) is 98.4 Å². The van der Waals surface area contributed by atoms with Gasteiger partial charge in [0.1, 0.15) is 6.10 Å². The zero-order valence-corrected chi connectivity index (χ0v) is 19.5. The van der Waals surface area contributed by atoms with Gasteiger partial charge < -0.3 is 14.9 Å². The standard InChI is InChI=1S/C27H42O3/c1-16(15-28)5-8-23-17(2)25-24(30-23)14-22-20-7-6-18-13-19(29)9-11-26(18,3)21(20)10-12-27(22,25)4/h6,16,19-22,24-25,28-29H,5,7-15H2,1-4H3/t16-,19-,20-,21+,22+,24-,25+,26+,27+/m1/s1. The molecule has 3 heteroatoms. The number of ether oxygens (including phenoxy) is 1. The quantitative estimate of drug-likeness (QED) is 0.587. The highest BCUT2D eigenvalue weighted by Crippen LogP contribution is 2.68. The lowest BCUT2D eigenvalue weighted by Crippen LogP contribution is -2.50. The van der Waals surface area contributed by atoms with Gasteiger partial charge in [0.25, 0.3) is 0 Å². The van der Waals surface area contributed by atoms with Crippen molar-refractivity contribution in [3.05, 3.63) is 23.0 Å². The first-order valence-electron chi connectivity index (χ1n) is 12.6. The van der Waals surface area contributed by atoms with E-state index in [-0.39, 0.29) is 12.7 Å². The maximum absolute atomic E-state index is 10.2. The van der Waals surface area contributed by atoms with Crippen molar-refractivity contribution in [1.29, 1.82) is 0 Å². The van der Waals surface area contributed by atoms with Gasteiger partial charge in [0, 0.05) is 18.9 Å². The van der Waals surface area contributed by atoms with E-state index in [2.05, 4.69) is 33.8 Å². The Bertz CT molecular complexity index is 753. The largest absolute Gasteiger partial charge is 0.494 e. The third kappa shape index (κ3) is 2.98. The number of hydrogen-bond donors (Lipinski definition) is 2. The summed E-state index contributed by atoms with van der Waals surface area (Å²) >= 11 is 0. The van der Waals surface area contributed by atoms with E-state index in [0.29, 0.717) is 28.8 Å². The Morgan fingerprint density at radius 1 is 1.20 bits per heavy atom. The molecule has 0 spiro atoms. The van der Waals surface area contributed by atoms with Crippen molar-refractivity contribution >= 4 is 0 Å². The van der Waals surface area contributed by atoms with Crippen LogP contribution >= 0.6 is 0 Å². The van der Waals surface area contributed by atoms with Crippen LogP contribution in [0.25, 0.3) is 0 Å². The van der Waals surface area contributed by atoms with E-state index in [0.717, 1.165) is 43.4 Å². The number of allylic oxidation sites excluding steroid dienone is 2. The molecule has 30 heavy (non-hydrogen) atoms. The molecule has 0 bridgehead atoms. The molecule has 0 radical (unpaired) electrons. The number of aliphatic hydroxyl groups is 2. The molecule has 5 rings (SSSR count). The van der Waals surface area contributed by atoms with E-state index in [1.165, 1.54) is 43.4 Å². The van der Waals surface area contributed by atoms with Crippen LogP contribution in [0.1, 0.15) is 85.5 Å². The summed E-state index contributed by atoms with van der Waals surface area (Å²) in [6.07, 6.45) is 13.0. The minimum Gasteiger partial charge on any atom is -0.494 e. The molecule has 2 N–H and O–H groups in total.